The van der Waals surface area contributed by atoms with E-state index in [0.717, 1.165) is 36.1 Å². The zero-order valence-corrected chi connectivity index (χ0v) is 12.3. The van der Waals surface area contributed by atoms with Crippen LogP contribution in [0.1, 0.15) is 38.5 Å². The van der Waals surface area contributed by atoms with E-state index in [1.807, 2.05) is 44.3 Å². The van der Waals surface area contributed by atoms with Gasteiger partial charge in [-0.1, -0.05) is 31.5 Å². The first kappa shape index (κ1) is 14.4. The molecule has 0 aliphatic heterocycles. The van der Waals surface area contributed by atoms with Crippen LogP contribution in [0.5, 0.6) is 0 Å². The normalized spacial score (nSPS) is 12.3. The zero-order chi connectivity index (χ0) is 14.5. The van der Waals surface area contributed by atoms with Gasteiger partial charge < -0.3 is 14.6 Å². The molecule has 20 heavy (non-hydrogen) atoms. The summed E-state index contributed by atoms with van der Waals surface area (Å²) < 4.78 is 5.76. The molecule has 0 saturated carbocycles. The third-order valence-electron chi connectivity index (χ3n) is 3.41. The predicted octanol–water partition coefficient (Wildman–Crippen LogP) is 3.94. The van der Waals surface area contributed by atoms with E-state index in [9.17, 15) is 4.79 Å². The van der Waals surface area contributed by atoms with E-state index >= 15 is 0 Å². The van der Waals surface area contributed by atoms with Gasteiger partial charge in [0.05, 0.1) is 6.04 Å². The van der Waals surface area contributed by atoms with E-state index in [4.69, 9.17) is 4.42 Å². The highest BCUT2D eigenvalue weighted by molar-refractivity contribution is 5.78. The minimum atomic E-state index is -0.140. The van der Waals surface area contributed by atoms with Gasteiger partial charge in [-0.15, -0.1) is 0 Å². The van der Waals surface area contributed by atoms with E-state index in [-0.39, 0.29) is 12.1 Å². The summed E-state index contributed by atoms with van der Waals surface area (Å²) in [6.45, 7) is 4.82. The second-order valence-electron chi connectivity index (χ2n) is 5.13. The van der Waals surface area contributed by atoms with Crippen molar-refractivity contribution < 1.29 is 9.21 Å². The summed E-state index contributed by atoms with van der Waals surface area (Å²) in [5.74, 6) is 0.781. The Balaban J connectivity index is 2.00. The molecule has 0 aliphatic rings. The Labute approximate surface area is 119 Å². The fraction of sp³-hybridized carbons (Fsp3) is 0.438. The Kier molecular flexibility index (Phi) is 4.66. The van der Waals surface area contributed by atoms with Crippen LogP contribution >= 0.6 is 0 Å². The summed E-state index contributed by atoms with van der Waals surface area (Å²) in [4.78, 5) is 13.7. The molecule has 4 heteroatoms. The summed E-state index contributed by atoms with van der Waals surface area (Å²) in [7, 11) is 1.82. The van der Waals surface area contributed by atoms with Crippen molar-refractivity contribution in [3.63, 3.8) is 0 Å². The molecule has 0 spiro atoms. The van der Waals surface area contributed by atoms with Crippen molar-refractivity contribution in [2.45, 2.75) is 32.7 Å². The number of benzene rings is 1. The average molecular weight is 274 g/mol. The lowest BCUT2D eigenvalue weighted by Crippen LogP contribution is -2.38. The second kappa shape index (κ2) is 6.46. The van der Waals surface area contributed by atoms with E-state index in [1.54, 1.807) is 4.90 Å². The largest absolute Gasteiger partial charge is 0.459 e. The van der Waals surface area contributed by atoms with Gasteiger partial charge in [-0.2, -0.15) is 0 Å². The first-order chi connectivity index (χ1) is 9.61. The lowest BCUT2D eigenvalue weighted by molar-refractivity contribution is 0.203. The molecule has 2 rings (SSSR count). The molecule has 2 amide bonds. The molecule has 2 aromatic rings. The van der Waals surface area contributed by atoms with Gasteiger partial charge >= 0.3 is 6.03 Å². The fourth-order valence-corrected chi connectivity index (χ4v) is 2.08. The number of furan rings is 1. The first-order valence-corrected chi connectivity index (χ1v) is 7.12. The highest BCUT2D eigenvalue weighted by Crippen LogP contribution is 2.23. The third-order valence-corrected chi connectivity index (χ3v) is 3.41. The van der Waals surface area contributed by atoms with Gasteiger partial charge in [-0.3, -0.25) is 0 Å². The minimum absolute atomic E-state index is 0.0635. The number of rotatable bonds is 5. The lowest BCUT2D eigenvalue weighted by Gasteiger charge is -2.20. The molecule has 0 saturated heterocycles. The SMILES string of the molecule is CCCCN(C)C(=O)NC(C)c1cc2ccccc2o1. The molecule has 108 valence electrons. The van der Waals surface area contributed by atoms with Crippen molar-refractivity contribution in [2.24, 2.45) is 0 Å². The quantitative estimate of drug-likeness (QED) is 0.897. The third kappa shape index (κ3) is 3.32. The second-order valence-corrected chi connectivity index (χ2v) is 5.13. The van der Waals surface area contributed by atoms with Gasteiger partial charge in [-0.25, -0.2) is 4.79 Å². The highest BCUT2D eigenvalue weighted by Gasteiger charge is 2.16. The van der Waals surface area contributed by atoms with Crippen LogP contribution in [0.25, 0.3) is 11.0 Å². The molecule has 4 nitrogen and oxygen atoms in total. The number of carbonyl (C=O) groups is 1. The Hall–Kier alpha value is -1.97. The van der Waals surface area contributed by atoms with Gasteiger partial charge in [0.15, 0.2) is 0 Å². The van der Waals surface area contributed by atoms with Crippen LogP contribution in [-0.4, -0.2) is 24.5 Å². The molecular weight excluding hydrogens is 252 g/mol. The topological polar surface area (TPSA) is 45.5 Å². The number of hydrogen-bond donors (Lipinski definition) is 1. The lowest BCUT2D eigenvalue weighted by atomic mass is 10.2. The fourth-order valence-electron chi connectivity index (χ4n) is 2.08. The van der Waals surface area contributed by atoms with E-state index in [1.165, 1.54) is 0 Å². The van der Waals surface area contributed by atoms with Gasteiger partial charge in [0, 0.05) is 19.0 Å². The van der Waals surface area contributed by atoms with Crippen LogP contribution < -0.4 is 5.32 Å². The number of hydrogen-bond acceptors (Lipinski definition) is 2. The number of urea groups is 1. The number of nitrogens with one attached hydrogen (secondary N) is 1. The Morgan fingerprint density at radius 1 is 1.40 bits per heavy atom. The maximum atomic E-state index is 12.0. The molecule has 0 radical (unpaired) electrons. The molecule has 0 bridgehead atoms. The predicted molar refractivity (Wildman–Crippen MR) is 80.7 cm³/mol. The number of nitrogens with zero attached hydrogens (tertiary/aromatic N) is 1. The maximum absolute atomic E-state index is 12.0. The van der Waals surface area contributed by atoms with Crippen LogP contribution in [0.3, 0.4) is 0 Å². The summed E-state index contributed by atoms with van der Waals surface area (Å²) >= 11 is 0. The molecule has 1 aromatic carbocycles. The van der Waals surface area contributed by atoms with E-state index in [0.29, 0.717) is 0 Å². The molecule has 1 N–H and O–H groups in total. The molecule has 1 aromatic heterocycles. The van der Waals surface area contributed by atoms with Gasteiger partial charge in [0.25, 0.3) is 0 Å². The van der Waals surface area contributed by atoms with Crippen LogP contribution in [0.15, 0.2) is 34.7 Å². The van der Waals surface area contributed by atoms with Gasteiger partial charge in [-0.05, 0) is 25.5 Å². The molecule has 0 fully saturated rings. The van der Waals surface area contributed by atoms with Crippen LogP contribution in [0.2, 0.25) is 0 Å². The highest BCUT2D eigenvalue weighted by atomic mass is 16.3. The molecule has 1 atom stereocenters. The van der Waals surface area contributed by atoms with Crippen LogP contribution in [-0.2, 0) is 0 Å². The van der Waals surface area contributed by atoms with Crippen molar-refractivity contribution in [2.75, 3.05) is 13.6 Å². The smallest absolute Gasteiger partial charge is 0.317 e. The summed E-state index contributed by atoms with van der Waals surface area (Å²) in [6, 6.07) is 9.63. The number of para-hydroxylation sites is 1. The number of carbonyl (C=O) groups excluding carboxylic acids is 1. The number of unbranched alkanes of at least 4 members (excludes halogenated alkanes) is 1. The van der Waals surface area contributed by atoms with Gasteiger partial charge in [0.2, 0.25) is 0 Å². The monoisotopic (exact) mass is 274 g/mol. The zero-order valence-electron chi connectivity index (χ0n) is 12.3. The maximum Gasteiger partial charge on any atom is 0.317 e. The Morgan fingerprint density at radius 3 is 2.85 bits per heavy atom. The molecule has 1 unspecified atom stereocenters. The van der Waals surface area contributed by atoms with Crippen molar-refractivity contribution >= 4 is 17.0 Å². The van der Waals surface area contributed by atoms with E-state index in [2.05, 4.69) is 12.2 Å². The Bertz CT molecular complexity index is 544. The minimum Gasteiger partial charge on any atom is -0.459 e. The molecule has 0 aliphatic carbocycles. The Morgan fingerprint density at radius 2 is 2.15 bits per heavy atom. The van der Waals surface area contributed by atoms with Crippen molar-refractivity contribution in [1.82, 2.24) is 10.2 Å². The summed E-state index contributed by atoms with van der Waals surface area (Å²) in [6.07, 6.45) is 2.10. The standard InChI is InChI=1S/C16H22N2O2/c1-4-5-10-18(3)16(19)17-12(2)15-11-13-8-6-7-9-14(13)20-15/h6-9,11-12H,4-5,10H2,1-3H3,(H,17,19). The molecular formula is C16H22N2O2. The molecule has 1 heterocycles. The number of fused-ring (bicyclic) bond motifs is 1. The summed E-state index contributed by atoms with van der Waals surface area (Å²) in [5.41, 5.74) is 0.850. The van der Waals surface area contributed by atoms with Crippen LogP contribution in [0.4, 0.5) is 4.79 Å². The van der Waals surface area contributed by atoms with Crippen LogP contribution in [0, 0.1) is 0 Å². The number of amides is 2. The van der Waals surface area contributed by atoms with E-state index < -0.39 is 0 Å². The van der Waals surface area contributed by atoms with Crippen molar-refractivity contribution in [3.8, 4) is 0 Å². The van der Waals surface area contributed by atoms with Crippen molar-refractivity contribution in [1.29, 1.82) is 0 Å². The van der Waals surface area contributed by atoms with Gasteiger partial charge in [0.1, 0.15) is 11.3 Å². The average Bonchev–Trinajstić information content (AvgIpc) is 2.88. The van der Waals surface area contributed by atoms with Crippen molar-refractivity contribution in [3.05, 3.63) is 36.1 Å². The first-order valence-electron chi connectivity index (χ1n) is 7.12. The summed E-state index contributed by atoms with van der Waals surface area (Å²) in [5, 5.41) is 4.02.